The van der Waals surface area contributed by atoms with E-state index in [9.17, 15) is 4.79 Å². The molecular formula is C13H24N4O. The number of carbonyl (C=O) groups is 1. The molecule has 1 aromatic rings. The quantitative estimate of drug-likeness (QED) is 0.720. The molecule has 0 spiro atoms. The van der Waals surface area contributed by atoms with Gasteiger partial charge in [0.2, 0.25) is 0 Å². The van der Waals surface area contributed by atoms with Gasteiger partial charge in [0.25, 0.3) is 5.91 Å². The Bertz CT molecular complexity index is 398. The van der Waals surface area contributed by atoms with Gasteiger partial charge in [0.05, 0.1) is 11.3 Å². The van der Waals surface area contributed by atoms with E-state index in [2.05, 4.69) is 17.3 Å². The molecule has 18 heavy (non-hydrogen) atoms. The molecule has 3 N–H and O–H groups in total. The molecule has 0 aliphatic heterocycles. The number of rotatable bonds is 7. The minimum Gasteiger partial charge on any atom is -0.352 e. The second-order valence-corrected chi connectivity index (χ2v) is 4.52. The number of carbonyl (C=O) groups excluding carboxylic acids is 1. The summed E-state index contributed by atoms with van der Waals surface area (Å²) in [6.07, 6.45) is 2.87. The Hall–Kier alpha value is -1.36. The first-order valence-electron chi connectivity index (χ1n) is 6.64. The molecule has 5 heteroatoms. The molecule has 102 valence electrons. The number of aryl methyl sites for hydroxylation is 2. The third-order valence-electron chi connectivity index (χ3n) is 2.96. The summed E-state index contributed by atoms with van der Waals surface area (Å²) in [6, 6.07) is 0. The third kappa shape index (κ3) is 3.57. The number of aromatic nitrogens is 2. The Morgan fingerprint density at radius 3 is 2.72 bits per heavy atom. The maximum atomic E-state index is 12.1. The van der Waals surface area contributed by atoms with Crippen LogP contribution in [0.1, 0.15) is 47.9 Å². The fourth-order valence-corrected chi connectivity index (χ4v) is 2.01. The van der Waals surface area contributed by atoms with Gasteiger partial charge in [-0.3, -0.25) is 9.48 Å². The lowest BCUT2D eigenvalue weighted by molar-refractivity contribution is 0.0951. The summed E-state index contributed by atoms with van der Waals surface area (Å²) in [5, 5.41) is 7.32. The van der Waals surface area contributed by atoms with Crippen LogP contribution in [0.15, 0.2) is 0 Å². The Morgan fingerprint density at radius 1 is 1.39 bits per heavy atom. The van der Waals surface area contributed by atoms with Crippen molar-refractivity contribution in [2.24, 2.45) is 5.73 Å². The molecule has 1 aromatic heterocycles. The summed E-state index contributed by atoms with van der Waals surface area (Å²) in [4.78, 5) is 12.1. The molecular weight excluding hydrogens is 228 g/mol. The van der Waals surface area contributed by atoms with E-state index >= 15 is 0 Å². The number of nitrogens with two attached hydrogens (primary N) is 1. The smallest absolute Gasteiger partial charge is 0.255 e. The maximum absolute atomic E-state index is 12.1. The second kappa shape index (κ2) is 7.16. The molecule has 5 nitrogen and oxygen atoms in total. The SMILES string of the molecule is CCCn1nc(C)c(C(=O)NCCCCN)c1C. The molecule has 0 radical (unpaired) electrons. The molecule has 1 rings (SSSR count). The zero-order valence-electron chi connectivity index (χ0n) is 11.6. The van der Waals surface area contributed by atoms with E-state index in [0.717, 1.165) is 42.8 Å². The molecule has 0 saturated carbocycles. The first kappa shape index (κ1) is 14.7. The lowest BCUT2D eigenvalue weighted by Gasteiger charge is -2.05. The van der Waals surface area contributed by atoms with E-state index in [4.69, 9.17) is 5.73 Å². The summed E-state index contributed by atoms with van der Waals surface area (Å²) in [6.45, 7) is 8.13. The fourth-order valence-electron chi connectivity index (χ4n) is 2.01. The van der Waals surface area contributed by atoms with Crippen LogP contribution in [-0.2, 0) is 6.54 Å². The number of nitrogens with zero attached hydrogens (tertiary/aromatic N) is 2. The van der Waals surface area contributed by atoms with E-state index in [-0.39, 0.29) is 5.91 Å². The first-order valence-corrected chi connectivity index (χ1v) is 6.64. The van der Waals surface area contributed by atoms with Gasteiger partial charge < -0.3 is 11.1 Å². The minimum absolute atomic E-state index is 0.0237. The number of unbranched alkanes of at least 4 members (excludes halogenated alkanes) is 1. The van der Waals surface area contributed by atoms with Crippen molar-refractivity contribution < 1.29 is 4.79 Å². The fraction of sp³-hybridized carbons (Fsp3) is 0.692. The van der Waals surface area contributed by atoms with Gasteiger partial charge in [-0.05, 0) is 39.7 Å². The highest BCUT2D eigenvalue weighted by molar-refractivity contribution is 5.96. The average molecular weight is 252 g/mol. The molecule has 0 saturated heterocycles. The lowest BCUT2D eigenvalue weighted by atomic mass is 10.2. The van der Waals surface area contributed by atoms with Crippen LogP contribution < -0.4 is 11.1 Å². The van der Waals surface area contributed by atoms with E-state index in [0.29, 0.717) is 13.1 Å². The molecule has 0 fully saturated rings. The Balaban J connectivity index is 2.67. The molecule has 0 atom stereocenters. The van der Waals surface area contributed by atoms with Crippen LogP contribution in [-0.4, -0.2) is 28.8 Å². The van der Waals surface area contributed by atoms with Gasteiger partial charge in [0.1, 0.15) is 0 Å². The van der Waals surface area contributed by atoms with Crippen molar-refractivity contribution in [3.8, 4) is 0 Å². The standard InChI is InChI=1S/C13H24N4O/c1-4-9-17-11(3)12(10(2)16-17)13(18)15-8-6-5-7-14/h4-9,14H2,1-3H3,(H,15,18). The van der Waals surface area contributed by atoms with E-state index in [1.807, 2.05) is 18.5 Å². The predicted molar refractivity (Wildman–Crippen MR) is 72.6 cm³/mol. The molecule has 1 heterocycles. The summed E-state index contributed by atoms with van der Waals surface area (Å²) in [5.41, 5.74) is 7.89. The van der Waals surface area contributed by atoms with Crippen LogP contribution in [0.4, 0.5) is 0 Å². The molecule has 0 bridgehead atoms. The van der Waals surface area contributed by atoms with Crippen LogP contribution in [0.3, 0.4) is 0 Å². The van der Waals surface area contributed by atoms with Crippen LogP contribution in [0, 0.1) is 13.8 Å². The first-order chi connectivity index (χ1) is 8.61. The summed E-state index contributed by atoms with van der Waals surface area (Å²) < 4.78 is 1.91. The van der Waals surface area contributed by atoms with Crippen LogP contribution in [0.5, 0.6) is 0 Å². The Kier molecular flexibility index (Phi) is 5.85. The van der Waals surface area contributed by atoms with Gasteiger partial charge >= 0.3 is 0 Å². The topological polar surface area (TPSA) is 72.9 Å². The minimum atomic E-state index is -0.0237. The van der Waals surface area contributed by atoms with Gasteiger partial charge in [-0.1, -0.05) is 6.92 Å². The summed E-state index contributed by atoms with van der Waals surface area (Å²) >= 11 is 0. The molecule has 0 aromatic carbocycles. The number of amides is 1. The van der Waals surface area contributed by atoms with Crippen LogP contribution in [0.25, 0.3) is 0 Å². The van der Waals surface area contributed by atoms with Crippen molar-refractivity contribution in [3.05, 3.63) is 17.0 Å². The lowest BCUT2D eigenvalue weighted by Crippen LogP contribution is -2.26. The van der Waals surface area contributed by atoms with Crippen LogP contribution >= 0.6 is 0 Å². The highest BCUT2D eigenvalue weighted by Crippen LogP contribution is 2.13. The Morgan fingerprint density at radius 2 is 2.11 bits per heavy atom. The van der Waals surface area contributed by atoms with E-state index in [1.54, 1.807) is 0 Å². The summed E-state index contributed by atoms with van der Waals surface area (Å²) in [7, 11) is 0. The molecule has 0 unspecified atom stereocenters. The van der Waals surface area contributed by atoms with Crippen molar-refractivity contribution in [1.82, 2.24) is 15.1 Å². The van der Waals surface area contributed by atoms with Crippen LogP contribution in [0.2, 0.25) is 0 Å². The van der Waals surface area contributed by atoms with Crippen molar-refractivity contribution in [1.29, 1.82) is 0 Å². The zero-order chi connectivity index (χ0) is 13.5. The van der Waals surface area contributed by atoms with Crippen molar-refractivity contribution in [2.75, 3.05) is 13.1 Å². The molecule has 0 aliphatic rings. The monoisotopic (exact) mass is 252 g/mol. The van der Waals surface area contributed by atoms with Gasteiger partial charge in [0.15, 0.2) is 0 Å². The van der Waals surface area contributed by atoms with Crippen molar-refractivity contribution in [2.45, 2.75) is 46.6 Å². The molecule has 0 aliphatic carbocycles. The van der Waals surface area contributed by atoms with E-state index in [1.165, 1.54) is 0 Å². The highest BCUT2D eigenvalue weighted by atomic mass is 16.1. The highest BCUT2D eigenvalue weighted by Gasteiger charge is 2.17. The van der Waals surface area contributed by atoms with Gasteiger partial charge in [0, 0.05) is 18.8 Å². The van der Waals surface area contributed by atoms with Gasteiger partial charge in [-0.15, -0.1) is 0 Å². The predicted octanol–water partition coefficient (Wildman–Crippen LogP) is 1.38. The second-order valence-electron chi connectivity index (χ2n) is 4.52. The third-order valence-corrected chi connectivity index (χ3v) is 2.96. The summed E-state index contributed by atoms with van der Waals surface area (Å²) in [5.74, 6) is -0.0237. The van der Waals surface area contributed by atoms with Gasteiger partial charge in [-0.2, -0.15) is 5.10 Å². The zero-order valence-corrected chi connectivity index (χ0v) is 11.6. The average Bonchev–Trinajstić information content (AvgIpc) is 2.61. The number of hydrogen-bond acceptors (Lipinski definition) is 3. The van der Waals surface area contributed by atoms with Gasteiger partial charge in [-0.25, -0.2) is 0 Å². The number of nitrogens with one attached hydrogen (secondary N) is 1. The Labute approximate surface area is 109 Å². The molecule has 1 amide bonds. The van der Waals surface area contributed by atoms with E-state index < -0.39 is 0 Å². The normalized spacial score (nSPS) is 10.7. The van der Waals surface area contributed by atoms with Crippen molar-refractivity contribution >= 4 is 5.91 Å². The largest absolute Gasteiger partial charge is 0.352 e. The maximum Gasteiger partial charge on any atom is 0.255 e. The number of hydrogen-bond donors (Lipinski definition) is 2. The van der Waals surface area contributed by atoms with Crippen molar-refractivity contribution in [3.63, 3.8) is 0 Å².